The lowest BCUT2D eigenvalue weighted by molar-refractivity contribution is -0.121. The van der Waals surface area contributed by atoms with Crippen LogP contribution in [0.4, 0.5) is 8.78 Å². The topological polar surface area (TPSA) is 58.2 Å². The van der Waals surface area contributed by atoms with Crippen LogP contribution in [-0.2, 0) is 11.2 Å². The largest absolute Gasteiger partial charge is 0.273 e. The van der Waals surface area contributed by atoms with Crippen LogP contribution >= 0.6 is 0 Å². The molecular formula is C15H12F2N2O2. The molecule has 2 amide bonds. The van der Waals surface area contributed by atoms with Gasteiger partial charge in [0.2, 0.25) is 5.91 Å². The number of halogens is 2. The van der Waals surface area contributed by atoms with Gasteiger partial charge in [0.05, 0.1) is 12.0 Å². The van der Waals surface area contributed by atoms with Crippen molar-refractivity contribution in [3.63, 3.8) is 0 Å². The fraction of sp³-hybridized carbons (Fsp3) is 0.0667. The van der Waals surface area contributed by atoms with Crippen molar-refractivity contribution in [2.75, 3.05) is 0 Å². The molecule has 0 bridgehead atoms. The third-order valence-corrected chi connectivity index (χ3v) is 2.71. The quantitative estimate of drug-likeness (QED) is 0.849. The number of nitrogens with one attached hydrogen (secondary N) is 2. The molecule has 2 aromatic carbocycles. The summed E-state index contributed by atoms with van der Waals surface area (Å²) < 4.78 is 26.1. The molecule has 0 aromatic heterocycles. The molecule has 6 heteroatoms. The number of carbonyl (C=O) groups is 2. The standard InChI is InChI=1S/C15H12F2N2O2/c16-11-7-5-10(6-8-11)9-14(20)18-19-15(21)12-3-1-2-4-13(12)17/h1-8H,9H2,(H,18,20)(H,19,21). The zero-order chi connectivity index (χ0) is 15.2. The SMILES string of the molecule is O=C(Cc1ccc(F)cc1)NNC(=O)c1ccccc1F. The van der Waals surface area contributed by atoms with Gasteiger partial charge >= 0.3 is 0 Å². The zero-order valence-corrected chi connectivity index (χ0v) is 10.9. The van der Waals surface area contributed by atoms with E-state index in [1.54, 1.807) is 0 Å². The van der Waals surface area contributed by atoms with Crippen molar-refractivity contribution in [2.24, 2.45) is 0 Å². The van der Waals surface area contributed by atoms with Crippen LogP contribution in [0.2, 0.25) is 0 Å². The van der Waals surface area contributed by atoms with E-state index in [2.05, 4.69) is 10.9 Å². The summed E-state index contributed by atoms with van der Waals surface area (Å²) in [5.41, 5.74) is 4.72. The van der Waals surface area contributed by atoms with Gasteiger partial charge in [-0.3, -0.25) is 20.4 Å². The molecule has 0 saturated heterocycles. The number of benzene rings is 2. The molecule has 4 nitrogen and oxygen atoms in total. The first-order valence-electron chi connectivity index (χ1n) is 6.14. The van der Waals surface area contributed by atoms with Gasteiger partial charge in [-0.15, -0.1) is 0 Å². The highest BCUT2D eigenvalue weighted by atomic mass is 19.1. The van der Waals surface area contributed by atoms with Crippen LogP contribution < -0.4 is 10.9 Å². The van der Waals surface area contributed by atoms with Crippen LogP contribution in [0.25, 0.3) is 0 Å². The van der Waals surface area contributed by atoms with Crippen LogP contribution in [0.1, 0.15) is 15.9 Å². The predicted molar refractivity (Wildman–Crippen MR) is 72.1 cm³/mol. The predicted octanol–water partition coefficient (Wildman–Crippen LogP) is 1.97. The Morgan fingerprint density at radius 1 is 0.905 bits per heavy atom. The molecule has 0 aliphatic rings. The minimum atomic E-state index is -0.749. The first-order valence-corrected chi connectivity index (χ1v) is 6.14. The number of rotatable bonds is 3. The van der Waals surface area contributed by atoms with Crippen molar-refractivity contribution < 1.29 is 18.4 Å². The zero-order valence-electron chi connectivity index (χ0n) is 10.9. The molecule has 21 heavy (non-hydrogen) atoms. The van der Waals surface area contributed by atoms with Gasteiger partial charge in [-0.2, -0.15) is 0 Å². The van der Waals surface area contributed by atoms with E-state index in [9.17, 15) is 18.4 Å². The maximum atomic E-state index is 13.3. The molecular weight excluding hydrogens is 278 g/mol. The van der Waals surface area contributed by atoms with E-state index in [-0.39, 0.29) is 12.0 Å². The van der Waals surface area contributed by atoms with Gasteiger partial charge in [0, 0.05) is 0 Å². The number of amides is 2. The maximum absolute atomic E-state index is 13.3. The van der Waals surface area contributed by atoms with Crippen LogP contribution in [-0.4, -0.2) is 11.8 Å². The van der Waals surface area contributed by atoms with Crippen molar-refractivity contribution >= 4 is 11.8 Å². The highest BCUT2D eigenvalue weighted by Gasteiger charge is 2.11. The molecule has 0 unspecified atom stereocenters. The molecule has 2 rings (SSSR count). The molecule has 0 radical (unpaired) electrons. The van der Waals surface area contributed by atoms with Crippen LogP contribution in [0.5, 0.6) is 0 Å². The molecule has 0 atom stereocenters. The second-order valence-electron chi connectivity index (χ2n) is 4.29. The minimum Gasteiger partial charge on any atom is -0.273 e. The lowest BCUT2D eigenvalue weighted by Crippen LogP contribution is -2.42. The number of hydrogen-bond acceptors (Lipinski definition) is 2. The number of hydrogen-bond donors (Lipinski definition) is 2. The fourth-order valence-corrected chi connectivity index (χ4v) is 1.67. The van der Waals surface area contributed by atoms with Crippen LogP contribution in [0, 0.1) is 11.6 Å². The van der Waals surface area contributed by atoms with Gasteiger partial charge in [-0.1, -0.05) is 24.3 Å². The van der Waals surface area contributed by atoms with Gasteiger partial charge < -0.3 is 0 Å². The van der Waals surface area contributed by atoms with Crippen LogP contribution in [0.3, 0.4) is 0 Å². The molecule has 0 fully saturated rings. The number of carbonyl (C=O) groups excluding carboxylic acids is 2. The van der Waals surface area contributed by atoms with E-state index in [1.807, 2.05) is 0 Å². The third-order valence-electron chi connectivity index (χ3n) is 2.71. The summed E-state index contributed by atoms with van der Waals surface area (Å²) in [6.45, 7) is 0. The lowest BCUT2D eigenvalue weighted by Gasteiger charge is -2.08. The van der Waals surface area contributed by atoms with E-state index in [0.29, 0.717) is 5.56 Å². The molecule has 0 saturated carbocycles. The summed E-state index contributed by atoms with van der Waals surface area (Å²) in [5, 5.41) is 0. The molecule has 0 aliphatic heterocycles. The molecule has 108 valence electrons. The Hall–Kier alpha value is -2.76. The second-order valence-corrected chi connectivity index (χ2v) is 4.29. The van der Waals surface area contributed by atoms with Gasteiger partial charge in [0.25, 0.3) is 5.91 Å². The Kier molecular flexibility index (Phi) is 4.61. The summed E-state index contributed by atoms with van der Waals surface area (Å²) in [6.07, 6.45) is -0.0299. The van der Waals surface area contributed by atoms with E-state index in [1.165, 1.54) is 42.5 Å². The van der Waals surface area contributed by atoms with E-state index in [0.717, 1.165) is 6.07 Å². The van der Waals surface area contributed by atoms with E-state index in [4.69, 9.17) is 0 Å². The Balaban J connectivity index is 1.88. The second kappa shape index (κ2) is 6.60. The van der Waals surface area contributed by atoms with Crippen molar-refractivity contribution in [1.82, 2.24) is 10.9 Å². The van der Waals surface area contributed by atoms with Crippen molar-refractivity contribution in [2.45, 2.75) is 6.42 Å². The fourth-order valence-electron chi connectivity index (χ4n) is 1.67. The van der Waals surface area contributed by atoms with Crippen molar-refractivity contribution in [3.05, 3.63) is 71.3 Å². The third kappa shape index (κ3) is 4.10. The maximum Gasteiger partial charge on any atom is 0.272 e. The van der Waals surface area contributed by atoms with Gasteiger partial charge in [0.15, 0.2) is 0 Å². The highest BCUT2D eigenvalue weighted by Crippen LogP contribution is 2.05. The summed E-state index contributed by atoms with van der Waals surface area (Å²) in [7, 11) is 0. The molecule has 0 aliphatic carbocycles. The monoisotopic (exact) mass is 290 g/mol. The Morgan fingerprint density at radius 2 is 1.57 bits per heavy atom. The summed E-state index contributed by atoms with van der Waals surface area (Å²) >= 11 is 0. The van der Waals surface area contributed by atoms with Crippen molar-refractivity contribution in [3.8, 4) is 0 Å². The van der Waals surface area contributed by atoms with Crippen molar-refractivity contribution in [1.29, 1.82) is 0 Å². The minimum absolute atomic E-state index is 0.0299. The van der Waals surface area contributed by atoms with Gasteiger partial charge in [-0.05, 0) is 29.8 Å². The summed E-state index contributed by atoms with van der Waals surface area (Å²) in [4.78, 5) is 23.3. The van der Waals surface area contributed by atoms with Gasteiger partial charge in [-0.25, -0.2) is 8.78 Å². The van der Waals surface area contributed by atoms with E-state index < -0.39 is 23.4 Å². The normalized spacial score (nSPS) is 10.0. The van der Waals surface area contributed by atoms with E-state index >= 15 is 0 Å². The molecule has 2 aromatic rings. The lowest BCUT2D eigenvalue weighted by atomic mass is 10.1. The molecule has 0 heterocycles. The Bertz CT molecular complexity index is 657. The average Bonchev–Trinajstić information content (AvgIpc) is 2.48. The van der Waals surface area contributed by atoms with Gasteiger partial charge in [0.1, 0.15) is 11.6 Å². The summed E-state index contributed by atoms with van der Waals surface area (Å²) in [6, 6.07) is 10.8. The number of hydrazine groups is 1. The molecule has 0 spiro atoms. The van der Waals surface area contributed by atoms with Crippen LogP contribution in [0.15, 0.2) is 48.5 Å². The smallest absolute Gasteiger partial charge is 0.272 e. The Morgan fingerprint density at radius 3 is 2.24 bits per heavy atom. The Labute approximate surface area is 119 Å². The first-order chi connectivity index (χ1) is 10.1. The first kappa shape index (κ1) is 14.6. The molecule has 2 N–H and O–H groups in total. The summed E-state index contributed by atoms with van der Waals surface area (Å²) in [5.74, 6) is -2.32. The highest BCUT2D eigenvalue weighted by molar-refractivity contribution is 5.95. The average molecular weight is 290 g/mol.